The monoisotopic (exact) mass is 206 g/mol. The molecule has 1 aliphatic carbocycles. The van der Waals surface area contributed by atoms with E-state index in [-0.39, 0.29) is 5.97 Å². The Labute approximate surface area is 88.7 Å². The van der Waals surface area contributed by atoms with Crippen molar-refractivity contribution in [2.24, 2.45) is 0 Å². The molecule has 2 rings (SSSR count). The third kappa shape index (κ3) is 1.84. The molecule has 1 aromatic rings. The van der Waals surface area contributed by atoms with Gasteiger partial charge in [-0.3, -0.25) is 4.98 Å². The number of hydrogen-bond donors (Lipinski definition) is 0. The maximum Gasteiger partial charge on any atom is 0.358 e. The molecule has 0 saturated carbocycles. The summed E-state index contributed by atoms with van der Waals surface area (Å²) in [7, 11) is 0. The van der Waals surface area contributed by atoms with E-state index in [1.807, 2.05) is 0 Å². The van der Waals surface area contributed by atoms with E-state index in [0.717, 1.165) is 24.2 Å². The highest BCUT2D eigenvalue weighted by atomic mass is 16.5. The van der Waals surface area contributed by atoms with Gasteiger partial charge in [-0.15, -0.1) is 0 Å². The van der Waals surface area contributed by atoms with E-state index >= 15 is 0 Å². The van der Waals surface area contributed by atoms with E-state index in [4.69, 9.17) is 4.74 Å². The van der Waals surface area contributed by atoms with Crippen LogP contribution < -0.4 is 0 Å². The van der Waals surface area contributed by atoms with Crippen molar-refractivity contribution in [2.75, 3.05) is 6.61 Å². The highest BCUT2D eigenvalue weighted by Crippen LogP contribution is 2.29. The van der Waals surface area contributed by atoms with E-state index in [1.54, 1.807) is 6.92 Å². The first-order valence-electron chi connectivity index (χ1n) is 5.25. The second-order valence-corrected chi connectivity index (χ2v) is 3.75. The normalized spacial score (nSPS) is 18.7. The number of ether oxygens (including phenoxy) is 1. The number of carbonyl (C=O) groups excluding carboxylic acids is 1. The van der Waals surface area contributed by atoms with Gasteiger partial charge >= 0.3 is 5.97 Å². The molecular weight excluding hydrogens is 192 g/mol. The Morgan fingerprint density at radius 1 is 1.67 bits per heavy atom. The van der Waals surface area contributed by atoms with Crippen molar-refractivity contribution in [2.45, 2.75) is 32.6 Å². The van der Waals surface area contributed by atoms with Crippen LogP contribution in [-0.4, -0.2) is 22.5 Å². The lowest BCUT2D eigenvalue weighted by molar-refractivity contribution is 0.0518. The summed E-state index contributed by atoms with van der Waals surface area (Å²) < 4.78 is 4.88. The van der Waals surface area contributed by atoms with E-state index < -0.39 is 0 Å². The van der Waals surface area contributed by atoms with Gasteiger partial charge in [-0.1, -0.05) is 6.92 Å². The lowest BCUT2D eigenvalue weighted by atomic mass is 10.1. The molecule has 4 heteroatoms. The molecule has 0 N–H and O–H groups in total. The first kappa shape index (κ1) is 10.1. The Hall–Kier alpha value is -1.45. The zero-order valence-electron chi connectivity index (χ0n) is 8.99. The van der Waals surface area contributed by atoms with Crippen LogP contribution in [-0.2, 0) is 11.2 Å². The Balaban J connectivity index is 2.29. The van der Waals surface area contributed by atoms with Crippen LogP contribution in [0.1, 0.15) is 48.1 Å². The summed E-state index contributed by atoms with van der Waals surface area (Å²) in [5.74, 6) is 0.0220. The molecular formula is C11H14N2O2. The maximum absolute atomic E-state index is 11.4. The zero-order valence-corrected chi connectivity index (χ0v) is 8.99. The van der Waals surface area contributed by atoms with Crippen molar-refractivity contribution >= 4 is 5.97 Å². The van der Waals surface area contributed by atoms with Crippen molar-refractivity contribution in [1.29, 1.82) is 0 Å². The SMILES string of the molecule is CCOC(=O)c1cnc2c(n1)C(C)CC2. The zero-order chi connectivity index (χ0) is 10.8. The lowest BCUT2D eigenvalue weighted by Crippen LogP contribution is -2.10. The molecule has 80 valence electrons. The van der Waals surface area contributed by atoms with Gasteiger partial charge in [0.05, 0.1) is 24.2 Å². The molecule has 0 amide bonds. The van der Waals surface area contributed by atoms with Gasteiger partial charge < -0.3 is 4.74 Å². The lowest BCUT2D eigenvalue weighted by Gasteiger charge is -2.05. The number of nitrogens with zero attached hydrogens (tertiary/aromatic N) is 2. The van der Waals surface area contributed by atoms with E-state index in [2.05, 4.69) is 16.9 Å². The van der Waals surface area contributed by atoms with Crippen LogP contribution in [0.4, 0.5) is 0 Å². The summed E-state index contributed by atoms with van der Waals surface area (Å²) in [5.41, 5.74) is 2.31. The Kier molecular flexibility index (Phi) is 2.66. The fourth-order valence-corrected chi connectivity index (χ4v) is 1.81. The second kappa shape index (κ2) is 3.96. The minimum absolute atomic E-state index is 0.323. The van der Waals surface area contributed by atoms with Gasteiger partial charge in [0.15, 0.2) is 5.69 Å². The van der Waals surface area contributed by atoms with Crippen molar-refractivity contribution in [1.82, 2.24) is 9.97 Å². The number of aromatic nitrogens is 2. The smallest absolute Gasteiger partial charge is 0.358 e. The molecule has 0 aliphatic heterocycles. The molecule has 0 bridgehead atoms. The first-order chi connectivity index (χ1) is 7.22. The first-order valence-corrected chi connectivity index (χ1v) is 5.25. The Morgan fingerprint density at radius 2 is 2.47 bits per heavy atom. The summed E-state index contributed by atoms with van der Waals surface area (Å²) >= 11 is 0. The number of hydrogen-bond acceptors (Lipinski definition) is 4. The molecule has 15 heavy (non-hydrogen) atoms. The highest BCUT2D eigenvalue weighted by Gasteiger charge is 2.23. The Morgan fingerprint density at radius 3 is 3.20 bits per heavy atom. The highest BCUT2D eigenvalue weighted by molar-refractivity contribution is 5.86. The minimum Gasteiger partial charge on any atom is -0.461 e. The van der Waals surface area contributed by atoms with E-state index in [1.165, 1.54) is 6.20 Å². The van der Waals surface area contributed by atoms with Crippen LogP contribution in [0.5, 0.6) is 0 Å². The number of esters is 1. The van der Waals surface area contributed by atoms with Crippen molar-refractivity contribution in [3.05, 3.63) is 23.3 Å². The predicted molar refractivity (Wildman–Crippen MR) is 54.7 cm³/mol. The molecule has 0 spiro atoms. The fourth-order valence-electron chi connectivity index (χ4n) is 1.81. The van der Waals surface area contributed by atoms with Crippen molar-refractivity contribution in [3.8, 4) is 0 Å². The van der Waals surface area contributed by atoms with Gasteiger partial charge in [-0.05, 0) is 19.8 Å². The van der Waals surface area contributed by atoms with Gasteiger partial charge in [0.25, 0.3) is 0 Å². The van der Waals surface area contributed by atoms with Crippen molar-refractivity contribution < 1.29 is 9.53 Å². The van der Waals surface area contributed by atoms with Crippen molar-refractivity contribution in [3.63, 3.8) is 0 Å². The maximum atomic E-state index is 11.4. The van der Waals surface area contributed by atoms with Crippen LogP contribution in [0.25, 0.3) is 0 Å². The number of aryl methyl sites for hydroxylation is 1. The largest absolute Gasteiger partial charge is 0.461 e. The van der Waals surface area contributed by atoms with Crippen LogP contribution in [0.2, 0.25) is 0 Å². The second-order valence-electron chi connectivity index (χ2n) is 3.75. The van der Waals surface area contributed by atoms with Crippen LogP contribution in [0, 0.1) is 0 Å². The number of carbonyl (C=O) groups is 1. The molecule has 1 aliphatic rings. The Bertz CT molecular complexity index is 390. The fraction of sp³-hybridized carbons (Fsp3) is 0.545. The van der Waals surface area contributed by atoms with Gasteiger partial charge in [0.2, 0.25) is 0 Å². The summed E-state index contributed by atoms with van der Waals surface area (Å²) in [4.78, 5) is 20.0. The van der Waals surface area contributed by atoms with E-state index in [0.29, 0.717) is 18.2 Å². The molecule has 0 fully saturated rings. The van der Waals surface area contributed by atoms with Crippen LogP contribution >= 0.6 is 0 Å². The average molecular weight is 206 g/mol. The number of fused-ring (bicyclic) bond motifs is 1. The molecule has 0 aromatic carbocycles. The molecule has 1 aromatic heterocycles. The number of rotatable bonds is 2. The summed E-state index contributed by atoms with van der Waals surface area (Å²) in [6.45, 7) is 4.25. The van der Waals surface area contributed by atoms with Crippen LogP contribution in [0.15, 0.2) is 6.20 Å². The molecule has 1 atom stereocenters. The van der Waals surface area contributed by atoms with Gasteiger partial charge in [0.1, 0.15) is 0 Å². The minimum atomic E-state index is -0.382. The summed E-state index contributed by atoms with van der Waals surface area (Å²) in [6.07, 6.45) is 3.54. The molecule has 0 saturated heterocycles. The van der Waals surface area contributed by atoms with Crippen LogP contribution in [0.3, 0.4) is 0 Å². The summed E-state index contributed by atoms with van der Waals surface area (Å²) in [5, 5.41) is 0. The topological polar surface area (TPSA) is 52.1 Å². The predicted octanol–water partition coefficient (Wildman–Crippen LogP) is 1.70. The molecule has 0 radical (unpaired) electrons. The molecule has 1 heterocycles. The molecule has 1 unspecified atom stereocenters. The average Bonchev–Trinajstić information content (AvgIpc) is 2.60. The third-order valence-electron chi connectivity index (χ3n) is 2.64. The standard InChI is InChI=1S/C11H14N2O2/c1-3-15-11(14)9-6-12-8-5-4-7(2)10(8)13-9/h6-7H,3-5H2,1-2H3. The van der Waals surface area contributed by atoms with Gasteiger partial charge in [-0.25, -0.2) is 9.78 Å². The van der Waals surface area contributed by atoms with Gasteiger partial charge in [0, 0.05) is 5.92 Å². The summed E-state index contributed by atoms with van der Waals surface area (Å²) in [6, 6.07) is 0. The van der Waals surface area contributed by atoms with Gasteiger partial charge in [-0.2, -0.15) is 0 Å². The quantitative estimate of drug-likeness (QED) is 0.691. The van der Waals surface area contributed by atoms with E-state index in [9.17, 15) is 4.79 Å². The molecule has 4 nitrogen and oxygen atoms in total. The third-order valence-corrected chi connectivity index (χ3v) is 2.64.